The van der Waals surface area contributed by atoms with E-state index < -0.39 is 5.97 Å². The minimum absolute atomic E-state index is 0.0532. The lowest BCUT2D eigenvalue weighted by Gasteiger charge is -2.12. The highest BCUT2D eigenvalue weighted by Gasteiger charge is 2.17. The second kappa shape index (κ2) is 8.76. The van der Waals surface area contributed by atoms with E-state index in [1.807, 2.05) is 13.8 Å². The molecular weight excluding hydrogens is 336 g/mol. The summed E-state index contributed by atoms with van der Waals surface area (Å²) in [5.41, 5.74) is 3.22. The van der Waals surface area contributed by atoms with Gasteiger partial charge in [-0.15, -0.1) is 11.3 Å². The predicted molar refractivity (Wildman–Crippen MR) is 99.7 cm³/mol. The molecule has 0 fully saturated rings. The topological polar surface area (TPSA) is 79.3 Å². The van der Waals surface area contributed by atoms with Crippen molar-refractivity contribution in [2.45, 2.75) is 52.5 Å². The van der Waals surface area contributed by atoms with E-state index >= 15 is 0 Å². The van der Waals surface area contributed by atoms with Gasteiger partial charge >= 0.3 is 5.97 Å². The molecule has 1 unspecified atom stereocenters. The van der Waals surface area contributed by atoms with E-state index in [1.54, 1.807) is 11.3 Å². The SMILES string of the molecule is Cc1ccc(-c2nc(C)c(C(C)NC(=O)CCCCC(=O)O)s2)cc1. The van der Waals surface area contributed by atoms with Crippen molar-refractivity contribution in [3.63, 3.8) is 0 Å². The van der Waals surface area contributed by atoms with Crippen LogP contribution in [0.2, 0.25) is 0 Å². The van der Waals surface area contributed by atoms with E-state index in [2.05, 4.69) is 41.5 Å². The zero-order chi connectivity index (χ0) is 18.4. The third kappa shape index (κ3) is 5.67. The lowest BCUT2D eigenvalue weighted by Crippen LogP contribution is -2.26. The lowest BCUT2D eigenvalue weighted by atomic mass is 10.1. The highest BCUT2D eigenvalue weighted by atomic mass is 32.1. The maximum Gasteiger partial charge on any atom is 0.303 e. The van der Waals surface area contributed by atoms with Gasteiger partial charge in [0.25, 0.3) is 0 Å². The molecule has 0 saturated heterocycles. The molecule has 134 valence electrons. The molecule has 2 aromatic rings. The Hall–Kier alpha value is -2.21. The Morgan fingerprint density at radius 2 is 1.80 bits per heavy atom. The Balaban J connectivity index is 1.95. The van der Waals surface area contributed by atoms with E-state index in [-0.39, 0.29) is 18.4 Å². The monoisotopic (exact) mass is 360 g/mol. The summed E-state index contributed by atoms with van der Waals surface area (Å²) in [7, 11) is 0. The zero-order valence-corrected chi connectivity index (χ0v) is 15.7. The quantitative estimate of drug-likeness (QED) is 0.690. The van der Waals surface area contributed by atoms with Gasteiger partial charge in [-0.05, 0) is 33.6 Å². The van der Waals surface area contributed by atoms with Crippen LogP contribution in [0.5, 0.6) is 0 Å². The van der Waals surface area contributed by atoms with Gasteiger partial charge in [-0.1, -0.05) is 29.8 Å². The fraction of sp³-hybridized carbons (Fsp3) is 0.421. The molecule has 1 aromatic carbocycles. The summed E-state index contributed by atoms with van der Waals surface area (Å²) in [5, 5.41) is 12.5. The number of benzene rings is 1. The summed E-state index contributed by atoms with van der Waals surface area (Å²) in [6, 6.07) is 8.14. The van der Waals surface area contributed by atoms with Gasteiger partial charge in [0.1, 0.15) is 5.01 Å². The Labute approximate surface area is 152 Å². The summed E-state index contributed by atoms with van der Waals surface area (Å²) in [5.74, 6) is -0.875. The van der Waals surface area contributed by atoms with Gasteiger partial charge in [0.15, 0.2) is 0 Å². The Morgan fingerprint density at radius 3 is 2.44 bits per heavy atom. The largest absolute Gasteiger partial charge is 0.481 e. The number of carbonyl (C=O) groups excluding carboxylic acids is 1. The van der Waals surface area contributed by atoms with Crippen molar-refractivity contribution in [3.05, 3.63) is 40.4 Å². The Bertz CT molecular complexity index is 738. The summed E-state index contributed by atoms with van der Waals surface area (Å²) in [6.07, 6.45) is 1.56. The number of aromatic nitrogens is 1. The first-order valence-corrected chi connectivity index (χ1v) is 9.24. The minimum atomic E-state index is -0.822. The summed E-state index contributed by atoms with van der Waals surface area (Å²) in [6.45, 7) is 5.96. The molecule has 2 rings (SSSR count). The van der Waals surface area contributed by atoms with Crippen molar-refractivity contribution in [1.29, 1.82) is 0 Å². The van der Waals surface area contributed by atoms with Gasteiger partial charge in [0, 0.05) is 18.4 Å². The number of hydrogen-bond donors (Lipinski definition) is 2. The maximum absolute atomic E-state index is 12.0. The van der Waals surface area contributed by atoms with E-state index in [4.69, 9.17) is 5.11 Å². The number of unbranched alkanes of at least 4 members (excludes halogenated alkanes) is 1. The molecule has 25 heavy (non-hydrogen) atoms. The molecule has 0 bridgehead atoms. The van der Waals surface area contributed by atoms with Gasteiger partial charge in [0.05, 0.1) is 16.6 Å². The number of amides is 1. The second-order valence-electron chi connectivity index (χ2n) is 6.22. The van der Waals surface area contributed by atoms with Crippen LogP contribution in [0, 0.1) is 13.8 Å². The van der Waals surface area contributed by atoms with Crippen LogP contribution >= 0.6 is 11.3 Å². The van der Waals surface area contributed by atoms with Crippen molar-refractivity contribution in [2.24, 2.45) is 0 Å². The first-order valence-electron chi connectivity index (χ1n) is 8.42. The third-order valence-electron chi connectivity index (χ3n) is 3.95. The van der Waals surface area contributed by atoms with E-state index in [0.29, 0.717) is 19.3 Å². The van der Waals surface area contributed by atoms with Gasteiger partial charge in [-0.3, -0.25) is 9.59 Å². The van der Waals surface area contributed by atoms with Crippen LogP contribution in [-0.2, 0) is 9.59 Å². The molecule has 0 aliphatic heterocycles. The molecule has 1 heterocycles. The zero-order valence-electron chi connectivity index (χ0n) is 14.8. The number of thiazole rings is 1. The number of carboxylic acids is 1. The first kappa shape index (κ1) is 19.1. The van der Waals surface area contributed by atoms with E-state index in [0.717, 1.165) is 21.1 Å². The lowest BCUT2D eigenvalue weighted by molar-refractivity contribution is -0.137. The molecule has 1 amide bonds. The van der Waals surface area contributed by atoms with Crippen LogP contribution in [0.15, 0.2) is 24.3 Å². The minimum Gasteiger partial charge on any atom is -0.481 e. The smallest absolute Gasteiger partial charge is 0.303 e. The molecule has 0 radical (unpaired) electrons. The number of nitrogens with one attached hydrogen (secondary N) is 1. The number of aryl methyl sites for hydroxylation is 2. The third-order valence-corrected chi connectivity index (χ3v) is 5.34. The van der Waals surface area contributed by atoms with Crippen molar-refractivity contribution in [1.82, 2.24) is 10.3 Å². The van der Waals surface area contributed by atoms with Crippen LogP contribution in [-0.4, -0.2) is 22.0 Å². The standard InChI is InChI=1S/C19H24N2O3S/c1-12-8-10-15(11-9-12)19-21-14(3)18(25-19)13(2)20-16(22)6-4-5-7-17(23)24/h8-11,13H,4-7H2,1-3H3,(H,20,22)(H,23,24). The number of nitrogens with zero attached hydrogens (tertiary/aromatic N) is 1. The highest BCUT2D eigenvalue weighted by molar-refractivity contribution is 7.15. The molecule has 0 aliphatic rings. The van der Waals surface area contributed by atoms with Gasteiger partial charge in [0.2, 0.25) is 5.91 Å². The average molecular weight is 360 g/mol. The Kier molecular flexibility index (Phi) is 6.70. The maximum atomic E-state index is 12.0. The fourth-order valence-corrected chi connectivity index (χ4v) is 3.64. The first-order chi connectivity index (χ1) is 11.9. The molecule has 2 N–H and O–H groups in total. The van der Waals surface area contributed by atoms with Crippen LogP contribution < -0.4 is 5.32 Å². The van der Waals surface area contributed by atoms with Crippen LogP contribution in [0.1, 0.15) is 54.8 Å². The highest BCUT2D eigenvalue weighted by Crippen LogP contribution is 2.31. The number of hydrogen-bond acceptors (Lipinski definition) is 4. The Morgan fingerprint density at radius 1 is 1.16 bits per heavy atom. The average Bonchev–Trinajstić information content (AvgIpc) is 2.94. The predicted octanol–water partition coefficient (Wildman–Crippen LogP) is 4.25. The summed E-state index contributed by atoms with van der Waals surface area (Å²) >= 11 is 1.60. The van der Waals surface area contributed by atoms with Crippen LogP contribution in [0.3, 0.4) is 0 Å². The summed E-state index contributed by atoms with van der Waals surface area (Å²) < 4.78 is 0. The molecule has 1 atom stereocenters. The van der Waals surface area contributed by atoms with Gasteiger partial charge in [-0.25, -0.2) is 4.98 Å². The van der Waals surface area contributed by atoms with E-state index in [1.165, 1.54) is 5.56 Å². The normalized spacial score (nSPS) is 12.0. The van der Waals surface area contributed by atoms with Crippen molar-refractivity contribution < 1.29 is 14.7 Å². The number of carboxylic acid groups (broad SMARTS) is 1. The summed E-state index contributed by atoms with van der Waals surface area (Å²) in [4.78, 5) is 28.2. The molecule has 6 heteroatoms. The number of aliphatic carboxylic acids is 1. The van der Waals surface area contributed by atoms with E-state index in [9.17, 15) is 9.59 Å². The number of rotatable bonds is 8. The van der Waals surface area contributed by atoms with Gasteiger partial charge in [-0.2, -0.15) is 0 Å². The molecular formula is C19H24N2O3S. The van der Waals surface area contributed by atoms with Crippen molar-refractivity contribution in [3.8, 4) is 10.6 Å². The van der Waals surface area contributed by atoms with Crippen LogP contribution in [0.25, 0.3) is 10.6 Å². The molecule has 1 aromatic heterocycles. The molecule has 0 spiro atoms. The molecule has 0 aliphatic carbocycles. The van der Waals surface area contributed by atoms with Crippen molar-refractivity contribution >= 4 is 23.2 Å². The molecule has 0 saturated carbocycles. The van der Waals surface area contributed by atoms with Crippen molar-refractivity contribution in [2.75, 3.05) is 0 Å². The fourth-order valence-electron chi connectivity index (χ4n) is 2.57. The van der Waals surface area contributed by atoms with Crippen LogP contribution in [0.4, 0.5) is 0 Å². The van der Waals surface area contributed by atoms with Gasteiger partial charge < -0.3 is 10.4 Å². The second-order valence-corrected chi connectivity index (χ2v) is 7.26. The molecule has 5 nitrogen and oxygen atoms in total. The number of carbonyl (C=O) groups is 2.